The second-order valence-electron chi connectivity index (χ2n) is 6.66. The molecule has 0 fully saturated rings. The van der Waals surface area contributed by atoms with Crippen LogP contribution in [-0.2, 0) is 6.61 Å². The van der Waals surface area contributed by atoms with Gasteiger partial charge in [0, 0.05) is 10.0 Å². The average Bonchev–Trinajstić information content (AvgIpc) is 2.62. The standard InChI is InChI=1S/C21H29BrO2Si/c1-6-25(7-2,8-3)24-19-11-12-20(22)18(14-19)15-23-21-13-16(4)9-10-17(21)5/h9-14H,6-8,15H2,1-5H3. The maximum atomic E-state index is 6.50. The van der Waals surface area contributed by atoms with Crippen LogP contribution in [0.3, 0.4) is 0 Å². The van der Waals surface area contributed by atoms with Gasteiger partial charge in [0.15, 0.2) is 0 Å². The van der Waals surface area contributed by atoms with E-state index in [-0.39, 0.29) is 0 Å². The molecular weight excluding hydrogens is 392 g/mol. The fourth-order valence-electron chi connectivity index (χ4n) is 2.96. The van der Waals surface area contributed by atoms with Crippen molar-refractivity contribution in [1.82, 2.24) is 0 Å². The zero-order chi connectivity index (χ0) is 18.4. The molecule has 136 valence electrons. The van der Waals surface area contributed by atoms with E-state index >= 15 is 0 Å². The molecule has 0 saturated heterocycles. The Hall–Kier alpha value is -1.26. The number of rotatable bonds is 8. The molecule has 25 heavy (non-hydrogen) atoms. The van der Waals surface area contributed by atoms with E-state index in [1.807, 2.05) is 0 Å². The van der Waals surface area contributed by atoms with Crippen LogP contribution in [0.4, 0.5) is 0 Å². The van der Waals surface area contributed by atoms with Gasteiger partial charge in [-0.1, -0.05) is 48.8 Å². The summed E-state index contributed by atoms with van der Waals surface area (Å²) in [7, 11) is -1.66. The van der Waals surface area contributed by atoms with Crippen LogP contribution < -0.4 is 9.16 Å². The lowest BCUT2D eigenvalue weighted by atomic mass is 10.1. The molecule has 0 aliphatic carbocycles. The maximum absolute atomic E-state index is 6.50. The zero-order valence-corrected chi connectivity index (χ0v) is 18.6. The second-order valence-corrected chi connectivity index (χ2v) is 12.2. The molecule has 2 aromatic rings. The molecule has 2 nitrogen and oxygen atoms in total. The lowest BCUT2D eigenvalue weighted by molar-refractivity contribution is 0.302. The number of benzene rings is 2. The van der Waals surface area contributed by atoms with Crippen LogP contribution in [-0.4, -0.2) is 8.32 Å². The van der Waals surface area contributed by atoms with Gasteiger partial charge in [-0.25, -0.2) is 0 Å². The molecule has 4 heteroatoms. The fraction of sp³-hybridized carbons (Fsp3) is 0.429. The first-order valence-corrected chi connectivity index (χ1v) is 12.4. The Balaban J connectivity index is 2.17. The van der Waals surface area contributed by atoms with Crippen LogP contribution >= 0.6 is 15.9 Å². The van der Waals surface area contributed by atoms with Crippen molar-refractivity contribution in [1.29, 1.82) is 0 Å². The van der Waals surface area contributed by atoms with E-state index in [1.54, 1.807) is 0 Å². The van der Waals surface area contributed by atoms with Crippen LogP contribution in [0.2, 0.25) is 18.1 Å². The zero-order valence-electron chi connectivity index (χ0n) is 16.0. The molecule has 0 aromatic heterocycles. The minimum absolute atomic E-state index is 0.529. The molecular formula is C21H29BrO2Si. The normalized spacial score (nSPS) is 11.4. The van der Waals surface area contributed by atoms with Gasteiger partial charge in [0.2, 0.25) is 8.32 Å². The molecule has 2 rings (SSSR count). The van der Waals surface area contributed by atoms with E-state index in [0.717, 1.165) is 45.2 Å². The van der Waals surface area contributed by atoms with E-state index in [2.05, 4.69) is 86.9 Å². The molecule has 0 radical (unpaired) electrons. The molecule has 0 N–H and O–H groups in total. The molecule has 0 unspecified atom stereocenters. The van der Waals surface area contributed by atoms with E-state index in [4.69, 9.17) is 9.16 Å². The monoisotopic (exact) mass is 420 g/mol. The molecule has 0 amide bonds. The third-order valence-electron chi connectivity index (χ3n) is 5.01. The quantitative estimate of drug-likeness (QED) is 0.426. The maximum Gasteiger partial charge on any atom is 0.250 e. The Labute approximate surface area is 161 Å². The van der Waals surface area contributed by atoms with Gasteiger partial charge in [-0.15, -0.1) is 0 Å². The van der Waals surface area contributed by atoms with Gasteiger partial charge in [0.25, 0.3) is 0 Å². The minimum atomic E-state index is -1.66. The summed E-state index contributed by atoms with van der Waals surface area (Å²) in [5, 5.41) is 0. The number of halogens is 1. The fourth-order valence-corrected chi connectivity index (χ4v) is 5.88. The summed E-state index contributed by atoms with van der Waals surface area (Å²) in [5.41, 5.74) is 3.48. The highest BCUT2D eigenvalue weighted by Gasteiger charge is 2.30. The van der Waals surface area contributed by atoms with Crippen LogP contribution in [0, 0.1) is 13.8 Å². The number of ether oxygens (including phenoxy) is 1. The molecule has 0 atom stereocenters. The van der Waals surface area contributed by atoms with Gasteiger partial charge >= 0.3 is 0 Å². The summed E-state index contributed by atoms with van der Waals surface area (Å²) in [6, 6.07) is 16.0. The van der Waals surface area contributed by atoms with Crippen molar-refractivity contribution in [3.63, 3.8) is 0 Å². The van der Waals surface area contributed by atoms with Crippen LogP contribution in [0.15, 0.2) is 40.9 Å². The van der Waals surface area contributed by atoms with Crippen molar-refractivity contribution in [3.05, 3.63) is 57.6 Å². The predicted octanol–water partition coefficient (Wildman–Crippen LogP) is 7.03. The third-order valence-corrected chi connectivity index (χ3v) is 10.3. The summed E-state index contributed by atoms with van der Waals surface area (Å²) in [6.45, 7) is 11.4. The molecule has 0 bridgehead atoms. The largest absolute Gasteiger partial charge is 0.543 e. The van der Waals surface area contributed by atoms with Crippen LogP contribution in [0.5, 0.6) is 11.5 Å². The molecule has 0 saturated carbocycles. The Kier molecular flexibility index (Phi) is 7.14. The summed E-state index contributed by atoms with van der Waals surface area (Å²) >= 11 is 3.64. The first-order chi connectivity index (χ1) is 11.9. The van der Waals surface area contributed by atoms with E-state index < -0.39 is 8.32 Å². The van der Waals surface area contributed by atoms with Crippen LogP contribution in [0.25, 0.3) is 0 Å². The highest BCUT2D eigenvalue weighted by atomic mass is 79.9. The van der Waals surface area contributed by atoms with Gasteiger partial charge in [0.05, 0.1) is 0 Å². The van der Waals surface area contributed by atoms with Crippen molar-refractivity contribution in [2.45, 2.75) is 59.4 Å². The summed E-state index contributed by atoms with van der Waals surface area (Å²) < 4.78 is 13.6. The first kappa shape index (κ1) is 20.1. The van der Waals surface area contributed by atoms with Gasteiger partial charge < -0.3 is 9.16 Å². The predicted molar refractivity (Wildman–Crippen MR) is 112 cm³/mol. The van der Waals surface area contributed by atoms with Gasteiger partial charge in [-0.2, -0.15) is 0 Å². The molecule has 0 heterocycles. The summed E-state index contributed by atoms with van der Waals surface area (Å²) in [6.07, 6.45) is 0. The summed E-state index contributed by atoms with van der Waals surface area (Å²) in [4.78, 5) is 0. The number of hydrogen-bond acceptors (Lipinski definition) is 2. The van der Waals surface area contributed by atoms with Gasteiger partial charge in [0.1, 0.15) is 18.1 Å². The lowest BCUT2D eigenvalue weighted by Gasteiger charge is -2.29. The van der Waals surface area contributed by atoms with Crippen molar-refractivity contribution in [2.24, 2.45) is 0 Å². The third kappa shape index (κ3) is 5.11. The lowest BCUT2D eigenvalue weighted by Crippen LogP contribution is -2.39. The van der Waals surface area contributed by atoms with E-state index in [1.165, 1.54) is 5.56 Å². The van der Waals surface area contributed by atoms with Gasteiger partial charge in [-0.3, -0.25) is 0 Å². The van der Waals surface area contributed by atoms with Crippen molar-refractivity contribution in [2.75, 3.05) is 0 Å². The second kappa shape index (κ2) is 8.90. The van der Waals surface area contributed by atoms with E-state index in [0.29, 0.717) is 6.61 Å². The number of hydrogen-bond donors (Lipinski definition) is 0. The summed E-state index contributed by atoms with van der Waals surface area (Å²) in [5.74, 6) is 1.91. The van der Waals surface area contributed by atoms with Crippen molar-refractivity contribution < 1.29 is 9.16 Å². The topological polar surface area (TPSA) is 18.5 Å². The van der Waals surface area contributed by atoms with Gasteiger partial charge in [-0.05, 0) is 67.4 Å². The number of aryl methyl sites for hydroxylation is 2. The Morgan fingerprint density at radius 1 is 0.920 bits per heavy atom. The first-order valence-electron chi connectivity index (χ1n) is 9.10. The van der Waals surface area contributed by atoms with Crippen LogP contribution in [0.1, 0.15) is 37.5 Å². The Bertz CT molecular complexity index is 703. The minimum Gasteiger partial charge on any atom is -0.543 e. The van der Waals surface area contributed by atoms with Crippen molar-refractivity contribution >= 4 is 24.2 Å². The highest BCUT2D eigenvalue weighted by Crippen LogP contribution is 2.30. The molecule has 0 aliphatic heterocycles. The smallest absolute Gasteiger partial charge is 0.250 e. The molecule has 0 spiro atoms. The SMILES string of the molecule is CC[Si](CC)(CC)Oc1ccc(Br)c(COc2cc(C)ccc2C)c1. The Morgan fingerprint density at radius 3 is 2.24 bits per heavy atom. The average molecular weight is 421 g/mol. The molecule has 0 aliphatic rings. The van der Waals surface area contributed by atoms with Crippen molar-refractivity contribution in [3.8, 4) is 11.5 Å². The van der Waals surface area contributed by atoms with E-state index in [9.17, 15) is 0 Å². The Morgan fingerprint density at radius 2 is 1.60 bits per heavy atom. The molecule has 2 aromatic carbocycles. The highest BCUT2D eigenvalue weighted by molar-refractivity contribution is 9.10.